The zero-order valence-corrected chi connectivity index (χ0v) is 17.5. The maximum Gasteiger partial charge on any atom is 0.234 e. The summed E-state index contributed by atoms with van der Waals surface area (Å²) in [4.78, 5) is 45.5. The normalized spacial score (nSPS) is 12.5. The van der Waals surface area contributed by atoms with Crippen molar-refractivity contribution in [2.24, 2.45) is 0 Å². The van der Waals surface area contributed by atoms with Crippen molar-refractivity contribution in [1.82, 2.24) is 9.97 Å². The smallest absolute Gasteiger partial charge is 0.234 e. The molecule has 1 heterocycles. The number of anilines is 1. The highest BCUT2D eigenvalue weighted by Crippen LogP contribution is 2.29. The molecule has 0 saturated carbocycles. The Labute approximate surface area is 186 Å². The molecule has 0 aliphatic heterocycles. The van der Waals surface area contributed by atoms with Gasteiger partial charge in [0.1, 0.15) is 0 Å². The highest BCUT2D eigenvalue weighted by molar-refractivity contribution is 7.99. The van der Waals surface area contributed by atoms with E-state index in [2.05, 4.69) is 15.3 Å². The number of hydrogen-bond donors (Lipinski definition) is 2. The average Bonchev–Trinajstić information content (AvgIpc) is 3.18. The number of halogens is 1. The lowest BCUT2D eigenvalue weighted by Gasteiger charge is -2.18. The van der Waals surface area contributed by atoms with Crippen molar-refractivity contribution in [2.75, 3.05) is 11.1 Å². The number of benzene rings is 3. The van der Waals surface area contributed by atoms with E-state index in [1.54, 1.807) is 54.6 Å². The SMILES string of the molecule is O=C(CSc1nc2ccc(Cl)cc2[nH]1)Nc1ccc2c(c1)C(=O)c1ccccc1C2=O. The van der Waals surface area contributed by atoms with Crippen LogP contribution in [0.5, 0.6) is 0 Å². The van der Waals surface area contributed by atoms with E-state index in [0.717, 1.165) is 11.0 Å². The van der Waals surface area contributed by atoms with Gasteiger partial charge in [0.05, 0.1) is 16.8 Å². The second-order valence-corrected chi connectivity index (χ2v) is 8.40. The van der Waals surface area contributed by atoms with E-state index in [4.69, 9.17) is 11.6 Å². The molecule has 3 aromatic carbocycles. The number of ketones is 2. The van der Waals surface area contributed by atoms with Crippen LogP contribution in [0.1, 0.15) is 31.8 Å². The Morgan fingerprint density at radius 3 is 2.42 bits per heavy atom. The van der Waals surface area contributed by atoms with Gasteiger partial charge in [0.15, 0.2) is 16.7 Å². The topological polar surface area (TPSA) is 91.9 Å². The fourth-order valence-electron chi connectivity index (χ4n) is 3.53. The Kier molecular flexibility index (Phi) is 4.84. The number of aromatic nitrogens is 2. The van der Waals surface area contributed by atoms with Crippen LogP contribution >= 0.6 is 23.4 Å². The number of nitrogens with zero attached hydrogens (tertiary/aromatic N) is 1. The van der Waals surface area contributed by atoms with Crippen molar-refractivity contribution in [3.63, 3.8) is 0 Å². The van der Waals surface area contributed by atoms with Crippen molar-refractivity contribution in [1.29, 1.82) is 0 Å². The average molecular weight is 448 g/mol. The van der Waals surface area contributed by atoms with Gasteiger partial charge in [-0.1, -0.05) is 47.6 Å². The minimum absolute atomic E-state index is 0.125. The fourth-order valence-corrected chi connectivity index (χ4v) is 4.39. The summed E-state index contributed by atoms with van der Waals surface area (Å²) in [6.07, 6.45) is 0. The molecule has 5 rings (SSSR count). The number of fused-ring (bicyclic) bond motifs is 3. The number of thioether (sulfide) groups is 1. The van der Waals surface area contributed by atoms with Gasteiger partial charge < -0.3 is 10.3 Å². The number of carbonyl (C=O) groups excluding carboxylic acids is 3. The molecule has 1 amide bonds. The van der Waals surface area contributed by atoms with Crippen LogP contribution in [0.4, 0.5) is 5.69 Å². The number of aromatic amines is 1. The third kappa shape index (κ3) is 3.62. The number of imidazole rings is 1. The zero-order valence-electron chi connectivity index (χ0n) is 15.9. The van der Waals surface area contributed by atoms with Gasteiger partial charge in [-0.2, -0.15) is 0 Å². The molecule has 0 saturated heterocycles. The minimum atomic E-state index is -0.251. The molecule has 8 heteroatoms. The molecule has 2 N–H and O–H groups in total. The van der Waals surface area contributed by atoms with E-state index in [0.29, 0.717) is 38.1 Å². The van der Waals surface area contributed by atoms with E-state index in [1.807, 2.05) is 6.07 Å². The van der Waals surface area contributed by atoms with Crippen LogP contribution in [0.25, 0.3) is 11.0 Å². The first-order valence-electron chi connectivity index (χ1n) is 9.40. The first-order chi connectivity index (χ1) is 15.0. The van der Waals surface area contributed by atoms with Gasteiger partial charge in [0.25, 0.3) is 0 Å². The summed E-state index contributed by atoms with van der Waals surface area (Å²) in [6.45, 7) is 0. The Balaban J connectivity index is 1.30. The van der Waals surface area contributed by atoms with Gasteiger partial charge in [-0.05, 0) is 36.4 Å². The van der Waals surface area contributed by atoms with Crippen LogP contribution in [-0.2, 0) is 4.79 Å². The highest BCUT2D eigenvalue weighted by Gasteiger charge is 2.29. The maximum absolute atomic E-state index is 12.8. The third-order valence-corrected chi connectivity index (χ3v) is 6.08. The number of hydrogen-bond acceptors (Lipinski definition) is 5. The van der Waals surface area contributed by atoms with Gasteiger partial charge in [0, 0.05) is 33.0 Å². The zero-order chi connectivity index (χ0) is 21.5. The van der Waals surface area contributed by atoms with E-state index in [9.17, 15) is 14.4 Å². The lowest BCUT2D eigenvalue weighted by molar-refractivity contribution is -0.113. The summed E-state index contributed by atoms with van der Waals surface area (Å²) in [5, 5.41) is 3.99. The Bertz CT molecular complexity index is 1400. The maximum atomic E-state index is 12.8. The molecule has 6 nitrogen and oxygen atoms in total. The fraction of sp³-hybridized carbons (Fsp3) is 0.0435. The molecule has 0 bridgehead atoms. The van der Waals surface area contributed by atoms with E-state index in [1.165, 1.54) is 11.8 Å². The summed E-state index contributed by atoms with van der Waals surface area (Å²) < 4.78 is 0. The van der Waals surface area contributed by atoms with E-state index < -0.39 is 0 Å². The predicted molar refractivity (Wildman–Crippen MR) is 120 cm³/mol. The summed E-state index contributed by atoms with van der Waals surface area (Å²) >= 11 is 7.24. The van der Waals surface area contributed by atoms with Gasteiger partial charge in [-0.25, -0.2) is 4.98 Å². The monoisotopic (exact) mass is 447 g/mol. The molecule has 1 aromatic heterocycles. The van der Waals surface area contributed by atoms with E-state index >= 15 is 0 Å². The standard InChI is InChI=1S/C23H14ClN3O3S/c24-12-5-8-18-19(9-12)27-23(26-18)31-11-20(28)25-13-6-7-16-17(10-13)22(30)15-4-2-1-3-14(15)21(16)29/h1-10H,11H2,(H,25,28)(H,26,27). The van der Waals surface area contributed by atoms with Crippen LogP contribution in [0, 0.1) is 0 Å². The summed E-state index contributed by atoms with van der Waals surface area (Å²) in [5.74, 6) is -0.543. The van der Waals surface area contributed by atoms with Crippen molar-refractivity contribution < 1.29 is 14.4 Å². The first kappa shape index (κ1) is 19.5. The van der Waals surface area contributed by atoms with Crippen molar-refractivity contribution >= 4 is 57.6 Å². The van der Waals surface area contributed by atoms with Gasteiger partial charge in [-0.3, -0.25) is 14.4 Å². The van der Waals surface area contributed by atoms with Crippen LogP contribution in [-0.4, -0.2) is 33.2 Å². The number of amides is 1. The molecule has 4 aromatic rings. The van der Waals surface area contributed by atoms with Crippen molar-refractivity contribution in [2.45, 2.75) is 5.16 Å². The molecule has 0 radical (unpaired) electrons. The van der Waals surface area contributed by atoms with E-state index in [-0.39, 0.29) is 23.2 Å². The number of rotatable bonds is 4. The molecule has 1 aliphatic rings. The Hall–Kier alpha value is -3.42. The number of H-pyrrole nitrogens is 1. The number of nitrogens with one attached hydrogen (secondary N) is 2. The lowest BCUT2D eigenvalue weighted by Crippen LogP contribution is -2.21. The predicted octanol–water partition coefficient (Wildman–Crippen LogP) is 4.72. The molecule has 31 heavy (non-hydrogen) atoms. The minimum Gasteiger partial charge on any atom is -0.333 e. The summed E-state index contributed by atoms with van der Waals surface area (Å²) in [6, 6.07) is 16.9. The molecule has 0 atom stereocenters. The highest BCUT2D eigenvalue weighted by atomic mass is 35.5. The lowest BCUT2D eigenvalue weighted by atomic mass is 9.84. The summed E-state index contributed by atoms with van der Waals surface area (Å²) in [5.41, 5.74) is 3.45. The summed E-state index contributed by atoms with van der Waals surface area (Å²) in [7, 11) is 0. The van der Waals surface area contributed by atoms with Crippen LogP contribution < -0.4 is 5.32 Å². The molecule has 0 spiro atoms. The van der Waals surface area contributed by atoms with Crippen LogP contribution in [0.2, 0.25) is 5.02 Å². The van der Waals surface area contributed by atoms with Gasteiger partial charge >= 0.3 is 0 Å². The molecular weight excluding hydrogens is 434 g/mol. The Morgan fingerprint density at radius 2 is 1.65 bits per heavy atom. The second-order valence-electron chi connectivity index (χ2n) is 7.00. The Morgan fingerprint density at radius 1 is 0.935 bits per heavy atom. The molecule has 1 aliphatic carbocycles. The number of carbonyl (C=O) groups is 3. The van der Waals surface area contributed by atoms with Crippen molar-refractivity contribution in [3.8, 4) is 0 Å². The largest absolute Gasteiger partial charge is 0.333 e. The third-order valence-electron chi connectivity index (χ3n) is 4.97. The van der Waals surface area contributed by atoms with Gasteiger partial charge in [-0.15, -0.1) is 0 Å². The van der Waals surface area contributed by atoms with Crippen LogP contribution in [0.3, 0.4) is 0 Å². The molecule has 0 fully saturated rings. The van der Waals surface area contributed by atoms with Crippen molar-refractivity contribution in [3.05, 3.63) is 87.9 Å². The molecule has 152 valence electrons. The molecular formula is C23H14ClN3O3S. The first-order valence-corrected chi connectivity index (χ1v) is 10.8. The quantitative estimate of drug-likeness (QED) is 0.389. The van der Waals surface area contributed by atoms with Gasteiger partial charge in [0.2, 0.25) is 5.91 Å². The van der Waals surface area contributed by atoms with Crippen LogP contribution in [0.15, 0.2) is 65.8 Å². The molecule has 0 unspecified atom stereocenters. The second kappa shape index (κ2) is 7.68.